The average Bonchev–Trinajstić information content (AvgIpc) is 2.65. The molecule has 0 aliphatic rings. The minimum Gasteiger partial charge on any atom is -0.266 e. The van der Waals surface area contributed by atoms with Crippen LogP contribution in [0.3, 0.4) is 0 Å². The van der Waals surface area contributed by atoms with Gasteiger partial charge in [-0.15, -0.1) is 0 Å². The van der Waals surface area contributed by atoms with Gasteiger partial charge >= 0.3 is 0 Å². The first-order valence-electron chi connectivity index (χ1n) is 7.44. The quantitative estimate of drug-likeness (QED) is 0.540. The molecule has 0 aliphatic carbocycles. The van der Waals surface area contributed by atoms with Gasteiger partial charge in [0.1, 0.15) is 5.69 Å². The lowest BCUT2D eigenvalue weighted by Gasteiger charge is -2.08. The van der Waals surface area contributed by atoms with E-state index in [0.717, 1.165) is 11.1 Å². The average molecular weight is 370 g/mol. The number of benzene rings is 2. The molecule has 0 fully saturated rings. The van der Waals surface area contributed by atoms with Crippen LogP contribution >= 0.6 is 23.2 Å². The number of hydrogen-bond donors (Lipinski definition) is 1. The number of nitrogens with one attached hydrogen (secondary N) is 1. The van der Waals surface area contributed by atoms with Crippen LogP contribution in [0.5, 0.6) is 0 Å². The fraction of sp³-hybridized carbons (Fsp3) is 0. The van der Waals surface area contributed by atoms with Gasteiger partial charge in [-0.2, -0.15) is 5.10 Å². The van der Waals surface area contributed by atoms with Crippen LogP contribution in [-0.2, 0) is 0 Å². The molecule has 0 radical (unpaired) electrons. The maximum atomic E-state index is 12.2. The molecule has 0 bridgehead atoms. The number of aromatic nitrogens is 1. The molecule has 4 nitrogen and oxygen atoms in total. The van der Waals surface area contributed by atoms with Crippen molar-refractivity contribution < 1.29 is 4.79 Å². The number of rotatable bonds is 4. The Bertz CT molecular complexity index is 845. The maximum absolute atomic E-state index is 12.2. The summed E-state index contributed by atoms with van der Waals surface area (Å²) < 4.78 is 0. The molecule has 25 heavy (non-hydrogen) atoms. The van der Waals surface area contributed by atoms with Crippen molar-refractivity contribution in [2.24, 2.45) is 5.10 Å². The lowest BCUT2D eigenvalue weighted by Crippen LogP contribution is -2.21. The Morgan fingerprint density at radius 1 is 0.840 bits per heavy atom. The first-order chi connectivity index (χ1) is 12.1. The Hall–Kier alpha value is -2.69. The molecule has 6 heteroatoms. The highest BCUT2D eigenvalue weighted by Gasteiger charge is 2.10. The van der Waals surface area contributed by atoms with Gasteiger partial charge in [-0.05, 0) is 36.4 Å². The number of hydrogen-bond acceptors (Lipinski definition) is 3. The molecule has 3 rings (SSSR count). The van der Waals surface area contributed by atoms with Crippen molar-refractivity contribution in [3.8, 4) is 0 Å². The number of amides is 1. The second-order valence-corrected chi connectivity index (χ2v) is 6.00. The summed E-state index contributed by atoms with van der Waals surface area (Å²) in [4.78, 5) is 16.2. The zero-order chi connectivity index (χ0) is 17.6. The van der Waals surface area contributed by atoms with Crippen molar-refractivity contribution in [1.29, 1.82) is 0 Å². The van der Waals surface area contributed by atoms with E-state index in [0.29, 0.717) is 15.8 Å². The summed E-state index contributed by atoms with van der Waals surface area (Å²) in [6.45, 7) is 0. The van der Waals surface area contributed by atoms with Gasteiger partial charge < -0.3 is 0 Å². The summed E-state index contributed by atoms with van der Waals surface area (Å²) in [6.07, 6.45) is 1.55. The highest BCUT2D eigenvalue weighted by atomic mass is 35.5. The van der Waals surface area contributed by atoms with E-state index in [1.54, 1.807) is 48.7 Å². The zero-order valence-corrected chi connectivity index (χ0v) is 14.5. The standard InChI is InChI=1S/C19H13Cl2N3O/c20-15-8-4-13(5-9-15)18(14-6-10-16(21)11-7-14)23-24-19(25)17-3-1-2-12-22-17/h1-12H,(H,24,25). The molecule has 1 amide bonds. The van der Waals surface area contributed by atoms with Gasteiger partial charge in [-0.1, -0.05) is 53.5 Å². The summed E-state index contributed by atoms with van der Waals surface area (Å²) in [5.74, 6) is -0.388. The van der Waals surface area contributed by atoms with Crippen LogP contribution in [0.2, 0.25) is 10.0 Å². The van der Waals surface area contributed by atoms with Crippen molar-refractivity contribution in [3.05, 3.63) is 99.8 Å². The molecule has 1 aromatic heterocycles. The van der Waals surface area contributed by atoms with Crippen molar-refractivity contribution in [2.45, 2.75) is 0 Å². The van der Waals surface area contributed by atoms with E-state index >= 15 is 0 Å². The monoisotopic (exact) mass is 369 g/mol. The molecule has 0 saturated carbocycles. The van der Waals surface area contributed by atoms with Crippen LogP contribution in [0.25, 0.3) is 0 Å². The van der Waals surface area contributed by atoms with E-state index in [-0.39, 0.29) is 11.6 Å². The highest BCUT2D eigenvalue weighted by molar-refractivity contribution is 6.31. The van der Waals surface area contributed by atoms with E-state index in [4.69, 9.17) is 23.2 Å². The Morgan fingerprint density at radius 2 is 1.40 bits per heavy atom. The van der Waals surface area contributed by atoms with Crippen LogP contribution in [0.1, 0.15) is 21.6 Å². The van der Waals surface area contributed by atoms with Crippen molar-refractivity contribution in [2.75, 3.05) is 0 Å². The third-order valence-corrected chi connectivity index (χ3v) is 3.91. The zero-order valence-electron chi connectivity index (χ0n) is 13.0. The van der Waals surface area contributed by atoms with Crippen molar-refractivity contribution in [1.82, 2.24) is 10.4 Å². The number of hydrazone groups is 1. The van der Waals surface area contributed by atoms with E-state index in [1.165, 1.54) is 0 Å². The molecular weight excluding hydrogens is 357 g/mol. The molecule has 0 atom stereocenters. The Balaban J connectivity index is 1.94. The van der Waals surface area contributed by atoms with E-state index in [1.807, 2.05) is 24.3 Å². The lowest BCUT2D eigenvalue weighted by molar-refractivity contribution is 0.0950. The van der Waals surface area contributed by atoms with Crippen molar-refractivity contribution in [3.63, 3.8) is 0 Å². The molecule has 0 aliphatic heterocycles. The third-order valence-electron chi connectivity index (χ3n) is 3.40. The smallest absolute Gasteiger partial charge is 0.266 e. The fourth-order valence-electron chi connectivity index (χ4n) is 2.17. The Kier molecular flexibility index (Phi) is 5.43. The number of pyridine rings is 1. The van der Waals surface area contributed by atoms with Gasteiger partial charge in [0.05, 0.1) is 5.71 Å². The molecular formula is C19H13Cl2N3O. The molecule has 0 spiro atoms. The Morgan fingerprint density at radius 3 is 1.88 bits per heavy atom. The topological polar surface area (TPSA) is 54.4 Å². The SMILES string of the molecule is O=C(NN=C(c1ccc(Cl)cc1)c1ccc(Cl)cc1)c1ccccn1. The molecule has 1 N–H and O–H groups in total. The summed E-state index contributed by atoms with van der Waals surface area (Å²) in [7, 11) is 0. The molecule has 0 unspecified atom stereocenters. The molecule has 1 heterocycles. The van der Waals surface area contributed by atoms with Crippen LogP contribution in [0, 0.1) is 0 Å². The van der Waals surface area contributed by atoms with E-state index in [9.17, 15) is 4.79 Å². The predicted octanol–water partition coefficient (Wildman–Crippen LogP) is 4.57. The molecule has 124 valence electrons. The van der Waals surface area contributed by atoms with Gasteiger partial charge in [-0.3, -0.25) is 9.78 Å². The molecule has 2 aromatic carbocycles. The summed E-state index contributed by atoms with van der Waals surface area (Å²) >= 11 is 11.9. The maximum Gasteiger partial charge on any atom is 0.289 e. The number of carbonyl (C=O) groups is 1. The second-order valence-electron chi connectivity index (χ2n) is 5.13. The Labute approximate surface area is 155 Å². The van der Waals surface area contributed by atoms with Crippen LogP contribution in [0.15, 0.2) is 78.0 Å². The minimum absolute atomic E-state index is 0.290. The van der Waals surface area contributed by atoms with Gasteiger partial charge in [0.15, 0.2) is 0 Å². The van der Waals surface area contributed by atoms with E-state index < -0.39 is 0 Å². The van der Waals surface area contributed by atoms with Gasteiger partial charge in [-0.25, -0.2) is 5.43 Å². The number of carbonyl (C=O) groups excluding carboxylic acids is 1. The van der Waals surface area contributed by atoms with Gasteiger partial charge in [0.25, 0.3) is 5.91 Å². The third kappa shape index (κ3) is 4.44. The van der Waals surface area contributed by atoms with Crippen LogP contribution < -0.4 is 5.43 Å². The number of halogens is 2. The lowest BCUT2D eigenvalue weighted by atomic mass is 10.0. The van der Waals surface area contributed by atoms with Crippen molar-refractivity contribution >= 4 is 34.8 Å². The first-order valence-corrected chi connectivity index (χ1v) is 8.20. The highest BCUT2D eigenvalue weighted by Crippen LogP contribution is 2.17. The first kappa shape index (κ1) is 17.1. The van der Waals surface area contributed by atoms with Gasteiger partial charge in [0, 0.05) is 27.4 Å². The molecule has 3 aromatic rings. The summed E-state index contributed by atoms with van der Waals surface area (Å²) in [6, 6.07) is 19.5. The summed E-state index contributed by atoms with van der Waals surface area (Å²) in [5, 5.41) is 5.53. The van der Waals surface area contributed by atoms with Gasteiger partial charge in [0.2, 0.25) is 0 Å². The normalized spacial score (nSPS) is 10.2. The van der Waals surface area contributed by atoms with Crippen LogP contribution in [0.4, 0.5) is 0 Å². The molecule has 0 saturated heterocycles. The second kappa shape index (κ2) is 7.92. The fourth-order valence-corrected chi connectivity index (χ4v) is 2.42. The predicted molar refractivity (Wildman–Crippen MR) is 100 cm³/mol. The largest absolute Gasteiger partial charge is 0.289 e. The van der Waals surface area contributed by atoms with E-state index in [2.05, 4.69) is 15.5 Å². The minimum atomic E-state index is -0.388. The van der Waals surface area contributed by atoms with Crippen LogP contribution in [-0.4, -0.2) is 16.6 Å². The summed E-state index contributed by atoms with van der Waals surface area (Å²) in [5.41, 5.74) is 5.06. The number of nitrogens with zero attached hydrogens (tertiary/aromatic N) is 2.